The Morgan fingerprint density at radius 3 is 2.60 bits per heavy atom. The lowest BCUT2D eigenvalue weighted by Gasteiger charge is -2.06. The van der Waals surface area contributed by atoms with Gasteiger partial charge < -0.3 is 5.11 Å². The topological polar surface area (TPSA) is 96.4 Å². The van der Waals surface area contributed by atoms with Gasteiger partial charge in [-0.3, -0.25) is 4.72 Å². The van der Waals surface area contributed by atoms with Gasteiger partial charge in [-0.15, -0.1) is 11.3 Å². The second kappa shape index (κ2) is 5.51. The highest BCUT2D eigenvalue weighted by Crippen LogP contribution is 2.24. The molecule has 0 aromatic carbocycles. The van der Waals surface area contributed by atoms with E-state index in [2.05, 4.69) is 25.6 Å². The van der Waals surface area contributed by atoms with Crippen molar-refractivity contribution in [3.63, 3.8) is 0 Å². The van der Waals surface area contributed by atoms with Crippen molar-refractivity contribution in [2.75, 3.05) is 4.72 Å². The van der Waals surface area contributed by atoms with E-state index in [0.717, 1.165) is 4.47 Å². The third-order valence-corrected chi connectivity index (χ3v) is 6.08. The molecular formula is C11H9BrN2O4S2. The molecule has 2 N–H and O–H groups in total. The van der Waals surface area contributed by atoms with E-state index in [4.69, 9.17) is 5.11 Å². The third kappa shape index (κ3) is 3.17. The van der Waals surface area contributed by atoms with Crippen molar-refractivity contribution in [1.82, 2.24) is 4.98 Å². The molecular weight excluding hydrogens is 368 g/mol. The van der Waals surface area contributed by atoms with Crippen LogP contribution >= 0.6 is 27.3 Å². The number of aromatic carboxylic acids is 1. The van der Waals surface area contributed by atoms with Crippen molar-refractivity contribution < 1.29 is 18.3 Å². The van der Waals surface area contributed by atoms with Crippen LogP contribution in [-0.4, -0.2) is 24.5 Å². The first-order chi connectivity index (χ1) is 9.29. The minimum absolute atomic E-state index is 0.0367. The monoisotopic (exact) mass is 376 g/mol. The fourth-order valence-corrected chi connectivity index (χ4v) is 3.74. The molecule has 9 heteroatoms. The Morgan fingerprint density at radius 1 is 1.35 bits per heavy atom. The summed E-state index contributed by atoms with van der Waals surface area (Å²) in [4.78, 5) is 14.8. The quantitative estimate of drug-likeness (QED) is 0.854. The number of rotatable bonds is 4. The number of anilines is 1. The van der Waals surface area contributed by atoms with Crippen LogP contribution in [-0.2, 0) is 10.0 Å². The maximum absolute atomic E-state index is 12.1. The van der Waals surface area contributed by atoms with Crippen molar-refractivity contribution in [3.8, 4) is 0 Å². The van der Waals surface area contributed by atoms with Crippen molar-refractivity contribution in [3.05, 3.63) is 39.3 Å². The van der Waals surface area contributed by atoms with Crippen LogP contribution in [0.15, 0.2) is 32.9 Å². The molecule has 0 fully saturated rings. The predicted molar refractivity (Wildman–Crippen MR) is 78.8 cm³/mol. The van der Waals surface area contributed by atoms with Gasteiger partial charge in [0.1, 0.15) is 14.9 Å². The fourth-order valence-electron chi connectivity index (χ4n) is 1.37. The molecule has 0 spiro atoms. The molecule has 2 heterocycles. The number of carbonyl (C=O) groups is 1. The summed E-state index contributed by atoms with van der Waals surface area (Å²) in [5.74, 6) is -0.981. The van der Waals surface area contributed by atoms with E-state index in [-0.39, 0.29) is 14.9 Å². The molecule has 0 radical (unpaired) electrons. The average molecular weight is 377 g/mol. The van der Waals surface area contributed by atoms with Gasteiger partial charge in [0.25, 0.3) is 10.0 Å². The number of halogens is 1. The Kier molecular flexibility index (Phi) is 4.11. The van der Waals surface area contributed by atoms with Crippen LogP contribution in [0.3, 0.4) is 0 Å². The second-order valence-electron chi connectivity index (χ2n) is 3.79. The first kappa shape index (κ1) is 14.9. The van der Waals surface area contributed by atoms with Gasteiger partial charge >= 0.3 is 5.97 Å². The predicted octanol–water partition coefficient (Wildman–Crippen LogP) is 2.71. The molecule has 6 nitrogen and oxygen atoms in total. The molecule has 0 saturated carbocycles. The summed E-state index contributed by atoms with van der Waals surface area (Å²) in [6, 6.07) is 5.70. The van der Waals surface area contributed by atoms with Crippen LogP contribution in [0.4, 0.5) is 5.82 Å². The molecule has 0 saturated heterocycles. The summed E-state index contributed by atoms with van der Waals surface area (Å²) in [5.41, 5.74) is 0.641. The van der Waals surface area contributed by atoms with Gasteiger partial charge in [-0.05, 0) is 47.1 Å². The van der Waals surface area contributed by atoms with Crippen molar-refractivity contribution in [2.45, 2.75) is 11.1 Å². The van der Waals surface area contributed by atoms with Crippen molar-refractivity contribution in [2.24, 2.45) is 0 Å². The van der Waals surface area contributed by atoms with Gasteiger partial charge in [0.05, 0.1) is 5.69 Å². The highest BCUT2D eigenvalue weighted by atomic mass is 79.9. The van der Waals surface area contributed by atoms with Crippen LogP contribution in [0.2, 0.25) is 0 Å². The van der Waals surface area contributed by atoms with Crippen LogP contribution in [0, 0.1) is 6.92 Å². The Labute approximate surface area is 127 Å². The van der Waals surface area contributed by atoms with E-state index in [9.17, 15) is 13.2 Å². The highest BCUT2D eigenvalue weighted by Gasteiger charge is 2.19. The van der Waals surface area contributed by atoms with E-state index < -0.39 is 16.0 Å². The molecule has 0 aliphatic rings. The maximum Gasteiger partial charge on any atom is 0.345 e. The molecule has 2 aromatic rings. The Bertz CT molecular complexity index is 770. The summed E-state index contributed by atoms with van der Waals surface area (Å²) in [7, 11) is -3.83. The van der Waals surface area contributed by atoms with Gasteiger partial charge in [-0.1, -0.05) is 0 Å². The molecule has 0 unspecified atom stereocenters. The first-order valence-electron chi connectivity index (χ1n) is 5.29. The number of hydrogen-bond donors (Lipinski definition) is 2. The zero-order valence-corrected chi connectivity index (χ0v) is 13.3. The Hall–Kier alpha value is -1.45. The molecule has 0 aliphatic carbocycles. The number of carboxylic acids is 1. The molecule has 2 rings (SSSR count). The number of sulfonamides is 1. The van der Waals surface area contributed by atoms with E-state index in [1.807, 2.05) is 0 Å². The molecule has 0 amide bonds. The van der Waals surface area contributed by atoms with Gasteiger partial charge in [0, 0.05) is 4.47 Å². The SMILES string of the molecule is Cc1nc(NS(=O)(=O)c2ccc(C(=O)O)s2)ccc1Br. The summed E-state index contributed by atoms with van der Waals surface area (Å²) in [6.45, 7) is 1.73. The van der Waals surface area contributed by atoms with Crippen LogP contribution in [0.1, 0.15) is 15.4 Å². The number of thiophene rings is 1. The summed E-state index contributed by atoms with van der Waals surface area (Å²) in [6.07, 6.45) is 0. The van der Waals surface area contributed by atoms with Gasteiger partial charge in [-0.25, -0.2) is 18.2 Å². The number of aryl methyl sites for hydroxylation is 1. The lowest BCUT2D eigenvalue weighted by Crippen LogP contribution is -2.12. The zero-order chi connectivity index (χ0) is 14.9. The average Bonchev–Trinajstić information content (AvgIpc) is 2.84. The number of pyridine rings is 1. The fraction of sp³-hybridized carbons (Fsp3) is 0.0909. The molecule has 0 atom stereocenters. The Morgan fingerprint density at radius 2 is 2.05 bits per heavy atom. The number of nitrogens with zero attached hydrogens (tertiary/aromatic N) is 1. The maximum atomic E-state index is 12.1. The van der Waals surface area contributed by atoms with Crippen molar-refractivity contribution in [1.29, 1.82) is 0 Å². The Balaban J connectivity index is 2.30. The van der Waals surface area contributed by atoms with E-state index in [0.29, 0.717) is 17.0 Å². The second-order valence-corrected chi connectivity index (χ2v) is 7.64. The van der Waals surface area contributed by atoms with Gasteiger partial charge in [0.15, 0.2) is 0 Å². The van der Waals surface area contributed by atoms with Crippen LogP contribution < -0.4 is 4.72 Å². The summed E-state index contributed by atoms with van der Waals surface area (Å²) < 4.78 is 27.2. The molecule has 0 aliphatic heterocycles. The number of aromatic nitrogens is 1. The molecule has 0 bridgehead atoms. The summed E-state index contributed by atoms with van der Waals surface area (Å²) in [5, 5.41) is 8.80. The zero-order valence-electron chi connectivity index (χ0n) is 10.1. The minimum Gasteiger partial charge on any atom is -0.477 e. The van der Waals surface area contributed by atoms with Gasteiger partial charge in [0.2, 0.25) is 0 Å². The smallest absolute Gasteiger partial charge is 0.345 e. The van der Waals surface area contributed by atoms with Crippen LogP contribution in [0.25, 0.3) is 0 Å². The molecule has 106 valence electrons. The molecule has 20 heavy (non-hydrogen) atoms. The number of hydrogen-bond acceptors (Lipinski definition) is 5. The minimum atomic E-state index is -3.83. The lowest BCUT2D eigenvalue weighted by molar-refractivity contribution is 0.0702. The van der Waals surface area contributed by atoms with Gasteiger partial charge in [-0.2, -0.15) is 0 Å². The van der Waals surface area contributed by atoms with E-state index in [1.54, 1.807) is 13.0 Å². The third-order valence-electron chi connectivity index (χ3n) is 2.32. The van der Waals surface area contributed by atoms with E-state index in [1.165, 1.54) is 18.2 Å². The standard InChI is InChI=1S/C11H9BrN2O4S2/c1-6-7(12)2-4-9(13-6)14-20(17,18)10-5-3-8(19-10)11(15)16/h2-5H,1H3,(H,13,14)(H,15,16). The number of carboxylic acid groups (broad SMARTS) is 1. The van der Waals surface area contributed by atoms with Crippen LogP contribution in [0.5, 0.6) is 0 Å². The first-order valence-corrected chi connectivity index (χ1v) is 8.38. The number of nitrogens with one attached hydrogen (secondary N) is 1. The van der Waals surface area contributed by atoms with E-state index >= 15 is 0 Å². The largest absolute Gasteiger partial charge is 0.477 e. The lowest BCUT2D eigenvalue weighted by atomic mass is 10.4. The highest BCUT2D eigenvalue weighted by molar-refractivity contribution is 9.10. The molecule has 2 aromatic heterocycles. The van der Waals surface area contributed by atoms with Crippen molar-refractivity contribution >= 4 is 49.1 Å². The normalized spacial score (nSPS) is 11.3. The summed E-state index contributed by atoms with van der Waals surface area (Å²) >= 11 is 3.96.